The Morgan fingerprint density at radius 2 is 2.19 bits per heavy atom. The second-order valence-corrected chi connectivity index (χ2v) is 7.21. The number of nitrogens with one attached hydrogen (secondary N) is 1. The van der Waals surface area contributed by atoms with Gasteiger partial charge >= 0.3 is 0 Å². The number of benzene rings is 1. The van der Waals surface area contributed by atoms with E-state index in [0.717, 1.165) is 12.5 Å². The van der Waals surface area contributed by atoms with Crippen LogP contribution in [-0.2, 0) is 14.3 Å². The molecule has 0 aliphatic carbocycles. The van der Waals surface area contributed by atoms with Crippen LogP contribution in [0.2, 0.25) is 5.02 Å². The van der Waals surface area contributed by atoms with Crippen molar-refractivity contribution in [1.82, 2.24) is 10.2 Å². The molecule has 0 aromatic heterocycles. The summed E-state index contributed by atoms with van der Waals surface area (Å²) in [5.74, 6) is -1.01. The molecule has 2 amide bonds. The van der Waals surface area contributed by atoms with E-state index in [1.54, 1.807) is 4.90 Å². The predicted molar refractivity (Wildman–Crippen MR) is 93.0 cm³/mol. The van der Waals surface area contributed by atoms with Crippen molar-refractivity contribution < 1.29 is 23.5 Å². The van der Waals surface area contributed by atoms with Crippen LogP contribution >= 0.6 is 11.6 Å². The zero-order chi connectivity index (χ0) is 18.7. The molecule has 1 aromatic carbocycles. The molecule has 0 radical (unpaired) electrons. The highest BCUT2D eigenvalue weighted by molar-refractivity contribution is 6.30. The average Bonchev–Trinajstić information content (AvgIpc) is 3.05. The molecule has 0 spiro atoms. The van der Waals surface area contributed by atoms with E-state index in [1.165, 1.54) is 18.4 Å². The Bertz CT molecular complexity index is 755. The fourth-order valence-corrected chi connectivity index (χ4v) is 3.13. The third kappa shape index (κ3) is 4.09. The minimum Gasteiger partial charge on any atom is -0.494 e. The molecule has 2 aliphatic rings. The van der Waals surface area contributed by atoms with E-state index in [4.69, 9.17) is 21.1 Å². The maximum absolute atomic E-state index is 13.5. The maximum atomic E-state index is 13.5. The molecule has 2 aliphatic heterocycles. The summed E-state index contributed by atoms with van der Waals surface area (Å²) in [4.78, 5) is 26.3. The molecule has 1 atom stereocenters. The van der Waals surface area contributed by atoms with Crippen molar-refractivity contribution in [2.24, 2.45) is 5.41 Å². The average molecular weight is 383 g/mol. The van der Waals surface area contributed by atoms with Gasteiger partial charge in [-0.2, -0.15) is 0 Å². The Balaban J connectivity index is 1.56. The third-order valence-corrected chi connectivity index (χ3v) is 4.87. The van der Waals surface area contributed by atoms with Gasteiger partial charge in [0.2, 0.25) is 5.76 Å². The van der Waals surface area contributed by atoms with Crippen molar-refractivity contribution in [3.8, 4) is 0 Å². The SMILES string of the molecule is CC1(CNC(=O)c2ccc(Cl)c(F)c2)CCN(C(=O)C2=COCCO2)C1. The summed E-state index contributed by atoms with van der Waals surface area (Å²) in [6, 6.07) is 3.93. The lowest BCUT2D eigenvalue weighted by molar-refractivity contribution is -0.131. The predicted octanol–water partition coefficient (Wildman–Crippen LogP) is 2.34. The first-order valence-corrected chi connectivity index (χ1v) is 8.73. The van der Waals surface area contributed by atoms with Gasteiger partial charge in [0.05, 0.1) is 5.02 Å². The van der Waals surface area contributed by atoms with E-state index in [-0.39, 0.29) is 33.6 Å². The number of nitrogens with zero attached hydrogens (tertiary/aromatic N) is 1. The van der Waals surface area contributed by atoms with E-state index >= 15 is 0 Å². The zero-order valence-electron chi connectivity index (χ0n) is 14.4. The van der Waals surface area contributed by atoms with Crippen molar-refractivity contribution in [3.05, 3.63) is 46.6 Å². The van der Waals surface area contributed by atoms with Crippen LogP contribution in [0.15, 0.2) is 30.2 Å². The molecule has 1 fully saturated rings. The molecular weight excluding hydrogens is 363 g/mol. The van der Waals surface area contributed by atoms with Crippen LogP contribution in [0.3, 0.4) is 0 Å². The molecule has 140 valence electrons. The van der Waals surface area contributed by atoms with E-state index in [1.807, 2.05) is 6.92 Å². The van der Waals surface area contributed by atoms with Crippen LogP contribution in [0.25, 0.3) is 0 Å². The number of hydrogen-bond acceptors (Lipinski definition) is 4. The summed E-state index contributed by atoms with van der Waals surface area (Å²) >= 11 is 5.63. The fraction of sp³-hybridized carbons (Fsp3) is 0.444. The molecule has 1 N–H and O–H groups in total. The van der Waals surface area contributed by atoms with Crippen LogP contribution in [0, 0.1) is 11.2 Å². The first kappa shape index (κ1) is 18.5. The van der Waals surface area contributed by atoms with E-state index in [9.17, 15) is 14.0 Å². The Morgan fingerprint density at radius 1 is 1.38 bits per heavy atom. The van der Waals surface area contributed by atoms with Crippen molar-refractivity contribution >= 4 is 23.4 Å². The second-order valence-electron chi connectivity index (χ2n) is 6.80. The Kier molecular flexibility index (Phi) is 5.36. The molecule has 8 heteroatoms. The minimum atomic E-state index is -0.633. The summed E-state index contributed by atoms with van der Waals surface area (Å²) < 4.78 is 23.9. The molecule has 1 aromatic rings. The lowest BCUT2D eigenvalue weighted by Crippen LogP contribution is -2.39. The van der Waals surface area contributed by atoms with Gasteiger partial charge in [-0.05, 0) is 24.6 Å². The highest BCUT2D eigenvalue weighted by atomic mass is 35.5. The molecule has 1 unspecified atom stereocenters. The van der Waals surface area contributed by atoms with Gasteiger partial charge in [0.1, 0.15) is 25.3 Å². The summed E-state index contributed by atoms with van der Waals surface area (Å²) in [6.07, 6.45) is 2.08. The largest absolute Gasteiger partial charge is 0.494 e. The van der Waals surface area contributed by atoms with Gasteiger partial charge in [-0.15, -0.1) is 0 Å². The number of likely N-dealkylation sites (tertiary alicyclic amines) is 1. The number of rotatable bonds is 4. The smallest absolute Gasteiger partial charge is 0.292 e. The van der Waals surface area contributed by atoms with Crippen LogP contribution in [0.1, 0.15) is 23.7 Å². The van der Waals surface area contributed by atoms with Gasteiger partial charge in [-0.1, -0.05) is 18.5 Å². The van der Waals surface area contributed by atoms with Crippen molar-refractivity contribution in [2.45, 2.75) is 13.3 Å². The first-order valence-electron chi connectivity index (χ1n) is 8.35. The third-order valence-electron chi connectivity index (χ3n) is 4.56. The van der Waals surface area contributed by atoms with E-state index in [2.05, 4.69) is 5.32 Å². The van der Waals surface area contributed by atoms with Gasteiger partial charge in [0, 0.05) is 30.6 Å². The summed E-state index contributed by atoms with van der Waals surface area (Å²) in [5.41, 5.74) is -0.0637. The Labute approximate surface area is 155 Å². The summed E-state index contributed by atoms with van der Waals surface area (Å²) in [6.45, 7) is 4.22. The lowest BCUT2D eigenvalue weighted by Gasteiger charge is -2.26. The van der Waals surface area contributed by atoms with Crippen molar-refractivity contribution in [1.29, 1.82) is 0 Å². The first-order chi connectivity index (χ1) is 12.4. The minimum absolute atomic E-state index is 0.0262. The molecule has 6 nitrogen and oxygen atoms in total. The van der Waals surface area contributed by atoms with Crippen LogP contribution in [-0.4, -0.2) is 49.6 Å². The van der Waals surface area contributed by atoms with Crippen LogP contribution < -0.4 is 5.32 Å². The molecular formula is C18H20ClFN2O4. The molecule has 3 rings (SSSR count). The molecule has 0 bridgehead atoms. The highest BCUT2D eigenvalue weighted by Gasteiger charge is 2.38. The van der Waals surface area contributed by atoms with E-state index in [0.29, 0.717) is 32.8 Å². The topological polar surface area (TPSA) is 67.9 Å². The molecule has 26 heavy (non-hydrogen) atoms. The molecule has 2 heterocycles. The van der Waals surface area contributed by atoms with Crippen molar-refractivity contribution in [2.75, 3.05) is 32.8 Å². The fourth-order valence-electron chi connectivity index (χ4n) is 3.01. The van der Waals surface area contributed by atoms with Gasteiger partial charge in [0.25, 0.3) is 11.8 Å². The van der Waals surface area contributed by atoms with Gasteiger partial charge in [0.15, 0.2) is 0 Å². The number of ether oxygens (including phenoxy) is 2. The maximum Gasteiger partial charge on any atom is 0.292 e. The monoisotopic (exact) mass is 382 g/mol. The highest BCUT2D eigenvalue weighted by Crippen LogP contribution is 2.30. The summed E-state index contributed by atoms with van der Waals surface area (Å²) in [7, 11) is 0. The lowest BCUT2D eigenvalue weighted by atomic mass is 9.89. The van der Waals surface area contributed by atoms with Gasteiger partial charge in [-0.3, -0.25) is 9.59 Å². The Morgan fingerprint density at radius 3 is 2.88 bits per heavy atom. The number of halogens is 2. The second kappa shape index (κ2) is 7.53. The Hall–Kier alpha value is -2.28. The van der Waals surface area contributed by atoms with Crippen molar-refractivity contribution in [3.63, 3.8) is 0 Å². The van der Waals surface area contributed by atoms with Crippen LogP contribution in [0.5, 0.6) is 0 Å². The number of carbonyl (C=O) groups excluding carboxylic acids is 2. The number of hydrogen-bond donors (Lipinski definition) is 1. The number of amides is 2. The van der Waals surface area contributed by atoms with Gasteiger partial charge < -0.3 is 19.7 Å². The normalized spacial score (nSPS) is 22.3. The molecule has 1 saturated heterocycles. The number of carbonyl (C=O) groups is 2. The quantitative estimate of drug-likeness (QED) is 0.867. The standard InChI is InChI=1S/C18H20ClFN2O4/c1-18(10-21-16(23)12-2-3-13(19)14(20)8-12)4-5-22(11-18)17(24)15-9-25-6-7-26-15/h2-3,8-9H,4-7,10-11H2,1H3,(H,21,23). The van der Waals surface area contributed by atoms with Crippen LogP contribution in [0.4, 0.5) is 4.39 Å². The summed E-state index contributed by atoms with van der Waals surface area (Å²) in [5, 5.41) is 2.78. The van der Waals surface area contributed by atoms with Gasteiger partial charge in [-0.25, -0.2) is 4.39 Å². The van der Waals surface area contributed by atoms with E-state index < -0.39 is 5.82 Å². The molecule has 0 saturated carbocycles. The zero-order valence-corrected chi connectivity index (χ0v) is 15.1.